The third-order valence-electron chi connectivity index (χ3n) is 3.34. The molecule has 6 heteroatoms. The van der Waals surface area contributed by atoms with Crippen LogP contribution in [0.1, 0.15) is 32.9 Å². The van der Waals surface area contributed by atoms with Crippen LogP contribution in [0.25, 0.3) is 0 Å². The van der Waals surface area contributed by atoms with E-state index in [0.717, 1.165) is 42.7 Å². The molecule has 0 bridgehead atoms. The lowest BCUT2D eigenvalue weighted by Crippen LogP contribution is -2.38. The van der Waals surface area contributed by atoms with Gasteiger partial charge in [-0.25, -0.2) is 9.98 Å². The van der Waals surface area contributed by atoms with Crippen LogP contribution in [0.3, 0.4) is 0 Å². The summed E-state index contributed by atoms with van der Waals surface area (Å²) in [5.74, 6) is 0.884. The molecule has 0 aromatic carbocycles. The SMILES string of the molecule is CCNC(=NCc1sccc1C)NCCc1sc(C)nc1C. The van der Waals surface area contributed by atoms with Gasteiger partial charge in [-0.1, -0.05) is 0 Å². The summed E-state index contributed by atoms with van der Waals surface area (Å²) < 4.78 is 0. The molecule has 2 aromatic rings. The van der Waals surface area contributed by atoms with Crippen molar-refractivity contribution in [1.29, 1.82) is 0 Å². The molecule has 0 aliphatic rings. The smallest absolute Gasteiger partial charge is 0.191 e. The summed E-state index contributed by atoms with van der Waals surface area (Å²) in [5.41, 5.74) is 2.47. The van der Waals surface area contributed by atoms with Crippen LogP contribution in [0.15, 0.2) is 16.4 Å². The molecule has 0 aliphatic heterocycles. The number of guanidine groups is 1. The molecular formula is C16H24N4S2. The molecule has 0 atom stereocenters. The minimum absolute atomic E-state index is 0.734. The van der Waals surface area contributed by atoms with E-state index in [4.69, 9.17) is 0 Å². The molecule has 0 amide bonds. The van der Waals surface area contributed by atoms with Gasteiger partial charge >= 0.3 is 0 Å². The Morgan fingerprint density at radius 3 is 2.64 bits per heavy atom. The fraction of sp³-hybridized carbons (Fsp3) is 0.500. The molecule has 0 unspecified atom stereocenters. The fourth-order valence-electron chi connectivity index (χ4n) is 2.16. The molecule has 2 heterocycles. The van der Waals surface area contributed by atoms with Crippen LogP contribution in [0.2, 0.25) is 0 Å². The van der Waals surface area contributed by atoms with E-state index < -0.39 is 0 Å². The quantitative estimate of drug-likeness (QED) is 0.628. The average molecular weight is 337 g/mol. The standard InChI is InChI=1S/C16H24N4S2/c1-5-17-16(19-10-15-11(2)7-9-21-15)18-8-6-14-12(3)20-13(4)22-14/h7,9H,5-6,8,10H2,1-4H3,(H2,17,18,19). The maximum absolute atomic E-state index is 4.67. The number of aryl methyl sites for hydroxylation is 3. The molecule has 2 aromatic heterocycles. The minimum Gasteiger partial charge on any atom is -0.357 e. The van der Waals surface area contributed by atoms with Crippen LogP contribution in [-0.2, 0) is 13.0 Å². The van der Waals surface area contributed by atoms with Crippen molar-refractivity contribution < 1.29 is 0 Å². The molecule has 0 radical (unpaired) electrons. The summed E-state index contributed by atoms with van der Waals surface area (Å²) in [6, 6.07) is 2.14. The lowest BCUT2D eigenvalue weighted by Gasteiger charge is -2.10. The van der Waals surface area contributed by atoms with Gasteiger partial charge in [-0.3, -0.25) is 0 Å². The Hall–Kier alpha value is -1.40. The van der Waals surface area contributed by atoms with Crippen molar-refractivity contribution in [1.82, 2.24) is 15.6 Å². The van der Waals surface area contributed by atoms with Crippen molar-refractivity contribution >= 4 is 28.6 Å². The number of rotatable bonds is 6. The second-order valence-electron chi connectivity index (χ2n) is 5.14. The lowest BCUT2D eigenvalue weighted by atomic mass is 10.3. The largest absolute Gasteiger partial charge is 0.357 e. The van der Waals surface area contributed by atoms with Crippen molar-refractivity contribution in [2.45, 2.75) is 40.7 Å². The Bertz CT molecular complexity index is 628. The highest BCUT2D eigenvalue weighted by Gasteiger charge is 2.05. The first-order chi connectivity index (χ1) is 10.6. The minimum atomic E-state index is 0.734. The maximum atomic E-state index is 4.67. The fourth-order valence-corrected chi connectivity index (χ4v) is 3.92. The Balaban J connectivity index is 1.88. The van der Waals surface area contributed by atoms with Crippen LogP contribution in [0.5, 0.6) is 0 Å². The van der Waals surface area contributed by atoms with Crippen molar-refractivity contribution in [2.75, 3.05) is 13.1 Å². The van der Waals surface area contributed by atoms with Crippen molar-refractivity contribution in [2.24, 2.45) is 4.99 Å². The third kappa shape index (κ3) is 4.81. The zero-order valence-electron chi connectivity index (χ0n) is 13.7. The Kier molecular flexibility index (Phi) is 6.39. The highest BCUT2D eigenvalue weighted by atomic mass is 32.1. The number of hydrogen-bond acceptors (Lipinski definition) is 4. The van der Waals surface area contributed by atoms with E-state index in [2.05, 4.69) is 59.8 Å². The Labute approximate surface area is 140 Å². The first-order valence-electron chi connectivity index (χ1n) is 7.58. The predicted octanol–water partition coefficient (Wildman–Crippen LogP) is 3.43. The topological polar surface area (TPSA) is 49.3 Å². The van der Waals surface area contributed by atoms with Crippen LogP contribution in [0, 0.1) is 20.8 Å². The van der Waals surface area contributed by atoms with Crippen molar-refractivity contribution in [3.05, 3.63) is 37.5 Å². The normalized spacial score (nSPS) is 11.7. The van der Waals surface area contributed by atoms with Crippen LogP contribution >= 0.6 is 22.7 Å². The van der Waals surface area contributed by atoms with Crippen LogP contribution in [0.4, 0.5) is 0 Å². The maximum Gasteiger partial charge on any atom is 0.191 e. The zero-order valence-corrected chi connectivity index (χ0v) is 15.3. The second kappa shape index (κ2) is 8.29. The molecule has 0 spiro atoms. The number of hydrogen-bond donors (Lipinski definition) is 2. The van der Waals surface area contributed by atoms with Gasteiger partial charge in [0.05, 0.1) is 17.2 Å². The van der Waals surface area contributed by atoms with E-state index in [0.29, 0.717) is 0 Å². The molecule has 0 aliphatic carbocycles. The molecule has 120 valence electrons. The summed E-state index contributed by atoms with van der Waals surface area (Å²) in [7, 11) is 0. The van der Waals surface area contributed by atoms with Gasteiger partial charge in [-0.15, -0.1) is 22.7 Å². The molecule has 2 rings (SSSR count). The van der Waals surface area contributed by atoms with Crippen LogP contribution in [-0.4, -0.2) is 24.0 Å². The van der Waals surface area contributed by atoms with E-state index in [1.54, 1.807) is 22.7 Å². The number of aliphatic imine (C=N–C) groups is 1. The molecule has 22 heavy (non-hydrogen) atoms. The summed E-state index contributed by atoms with van der Waals surface area (Å²) in [6.07, 6.45) is 0.986. The number of aromatic nitrogens is 1. The van der Waals surface area contributed by atoms with Crippen LogP contribution < -0.4 is 10.6 Å². The highest BCUT2D eigenvalue weighted by molar-refractivity contribution is 7.11. The molecule has 4 nitrogen and oxygen atoms in total. The zero-order chi connectivity index (χ0) is 15.9. The highest BCUT2D eigenvalue weighted by Crippen LogP contribution is 2.17. The van der Waals surface area contributed by atoms with E-state index in [1.165, 1.54) is 15.3 Å². The number of nitrogens with one attached hydrogen (secondary N) is 2. The first kappa shape index (κ1) is 17.0. The number of thiophene rings is 1. The van der Waals surface area contributed by atoms with Gasteiger partial charge in [0.2, 0.25) is 0 Å². The molecule has 0 saturated heterocycles. The summed E-state index contributed by atoms with van der Waals surface area (Å²) in [6.45, 7) is 10.8. The van der Waals surface area contributed by atoms with Gasteiger partial charge in [0.15, 0.2) is 5.96 Å². The predicted molar refractivity (Wildman–Crippen MR) is 97.2 cm³/mol. The van der Waals surface area contributed by atoms with E-state index in [-0.39, 0.29) is 0 Å². The number of thiazole rings is 1. The monoisotopic (exact) mass is 336 g/mol. The Morgan fingerprint density at radius 1 is 1.23 bits per heavy atom. The molecule has 2 N–H and O–H groups in total. The van der Waals surface area contributed by atoms with Gasteiger partial charge in [0.25, 0.3) is 0 Å². The van der Waals surface area contributed by atoms with E-state index in [1.807, 2.05) is 0 Å². The molecular weight excluding hydrogens is 312 g/mol. The van der Waals surface area contributed by atoms with Gasteiger partial charge in [0.1, 0.15) is 0 Å². The Morgan fingerprint density at radius 2 is 2.05 bits per heavy atom. The average Bonchev–Trinajstić information content (AvgIpc) is 3.02. The number of nitrogens with zero attached hydrogens (tertiary/aromatic N) is 2. The summed E-state index contributed by atoms with van der Waals surface area (Å²) >= 11 is 3.55. The summed E-state index contributed by atoms with van der Waals surface area (Å²) in [5, 5.41) is 9.97. The van der Waals surface area contributed by atoms with Crippen molar-refractivity contribution in [3.63, 3.8) is 0 Å². The van der Waals surface area contributed by atoms with Crippen molar-refractivity contribution in [3.8, 4) is 0 Å². The van der Waals surface area contributed by atoms with Gasteiger partial charge < -0.3 is 10.6 Å². The van der Waals surface area contributed by atoms with Gasteiger partial charge in [-0.05, 0) is 44.7 Å². The van der Waals surface area contributed by atoms with E-state index >= 15 is 0 Å². The van der Waals surface area contributed by atoms with Gasteiger partial charge in [0, 0.05) is 29.3 Å². The summed E-state index contributed by atoms with van der Waals surface area (Å²) in [4.78, 5) is 11.8. The second-order valence-corrected chi connectivity index (χ2v) is 7.43. The third-order valence-corrected chi connectivity index (χ3v) is 5.48. The molecule has 0 fully saturated rings. The molecule has 0 saturated carbocycles. The lowest BCUT2D eigenvalue weighted by molar-refractivity contribution is 0.802. The van der Waals surface area contributed by atoms with Gasteiger partial charge in [-0.2, -0.15) is 0 Å². The first-order valence-corrected chi connectivity index (χ1v) is 9.27. The van der Waals surface area contributed by atoms with E-state index in [9.17, 15) is 0 Å².